The van der Waals surface area contributed by atoms with E-state index in [1.807, 2.05) is 39.8 Å². The van der Waals surface area contributed by atoms with E-state index in [0.717, 1.165) is 18.4 Å². The van der Waals surface area contributed by atoms with Crippen LogP contribution in [0.3, 0.4) is 0 Å². The van der Waals surface area contributed by atoms with Gasteiger partial charge in [-0.1, -0.05) is 31.6 Å². The standard InChI is InChI=1S/C19H25NO4/c1-11(2)9-14-18(3,4)19(14,17(23)24)10-20-15(21)12-7-5-6-8-13(12)16(20)22/h7,9,13-14H,5-6,8,10H2,1-4H3,(H,23,24). The van der Waals surface area contributed by atoms with Gasteiger partial charge in [-0.15, -0.1) is 0 Å². The van der Waals surface area contributed by atoms with Crippen LogP contribution >= 0.6 is 0 Å². The highest BCUT2D eigenvalue weighted by Crippen LogP contribution is 2.70. The molecule has 3 atom stereocenters. The summed E-state index contributed by atoms with van der Waals surface area (Å²) in [5, 5.41) is 9.92. The van der Waals surface area contributed by atoms with Gasteiger partial charge in [0.2, 0.25) is 5.91 Å². The van der Waals surface area contributed by atoms with Crippen LogP contribution < -0.4 is 0 Å². The van der Waals surface area contributed by atoms with Crippen molar-refractivity contribution >= 4 is 17.8 Å². The van der Waals surface area contributed by atoms with E-state index in [1.54, 1.807) is 0 Å². The van der Waals surface area contributed by atoms with Crippen LogP contribution in [-0.4, -0.2) is 34.3 Å². The monoisotopic (exact) mass is 331 g/mol. The van der Waals surface area contributed by atoms with Gasteiger partial charge in [0.05, 0.1) is 11.3 Å². The number of likely N-dealkylation sites (tertiary alicyclic amines) is 1. The third-order valence-corrected chi connectivity index (χ3v) is 6.16. The molecule has 2 fully saturated rings. The van der Waals surface area contributed by atoms with E-state index >= 15 is 0 Å². The Bertz CT molecular complexity index is 683. The van der Waals surface area contributed by atoms with Crippen LogP contribution in [0.5, 0.6) is 0 Å². The van der Waals surface area contributed by atoms with Gasteiger partial charge < -0.3 is 5.11 Å². The van der Waals surface area contributed by atoms with Crippen LogP contribution in [0.4, 0.5) is 0 Å². The van der Waals surface area contributed by atoms with Gasteiger partial charge in [-0.25, -0.2) is 0 Å². The number of amides is 2. The molecule has 0 aromatic heterocycles. The molecule has 1 aliphatic heterocycles. The Kier molecular flexibility index (Phi) is 3.74. The van der Waals surface area contributed by atoms with Crippen LogP contribution in [0.15, 0.2) is 23.3 Å². The quantitative estimate of drug-likeness (QED) is 0.635. The fraction of sp³-hybridized carbons (Fsp3) is 0.632. The van der Waals surface area contributed by atoms with Crippen LogP contribution in [0.2, 0.25) is 0 Å². The third kappa shape index (κ3) is 2.10. The molecule has 130 valence electrons. The first-order chi connectivity index (χ1) is 11.1. The first kappa shape index (κ1) is 16.9. The van der Waals surface area contributed by atoms with Gasteiger partial charge in [-0.2, -0.15) is 0 Å². The van der Waals surface area contributed by atoms with Gasteiger partial charge >= 0.3 is 5.97 Å². The van der Waals surface area contributed by atoms with Crippen molar-refractivity contribution in [2.45, 2.75) is 47.0 Å². The van der Waals surface area contributed by atoms with Crippen molar-refractivity contribution in [3.63, 3.8) is 0 Å². The summed E-state index contributed by atoms with van der Waals surface area (Å²) in [7, 11) is 0. The molecule has 2 amide bonds. The topological polar surface area (TPSA) is 74.7 Å². The van der Waals surface area contributed by atoms with Gasteiger partial charge in [0, 0.05) is 18.0 Å². The molecule has 3 unspecified atom stereocenters. The van der Waals surface area contributed by atoms with Gasteiger partial charge in [-0.05, 0) is 38.5 Å². The van der Waals surface area contributed by atoms with E-state index in [2.05, 4.69) is 0 Å². The zero-order valence-corrected chi connectivity index (χ0v) is 14.8. The summed E-state index contributed by atoms with van der Waals surface area (Å²) in [5.74, 6) is -1.97. The first-order valence-electron chi connectivity index (χ1n) is 8.58. The van der Waals surface area contributed by atoms with Crippen molar-refractivity contribution in [2.24, 2.45) is 22.7 Å². The number of carboxylic acids is 1. The minimum absolute atomic E-state index is 0.0325. The number of fused-ring (bicyclic) bond motifs is 1. The molecule has 0 radical (unpaired) electrons. The molecule has 1 heterocycles. The summed E-state index contributed by atoms with van der Waals surface area (Å²) < 4.78 is 0. The molecule has 1 saturated carbocycles. The SMILES string of the molecule is CC(C)=CC1C(C)(C)C1(CN1C(=O)C2=CCCCC2C1=O)C(=O)O. The van der Waals surface area contributed by atoms with Crippen molar-refractivity contribution in [3.05, 3.63) is 23.3 Å². The van der Waals surface area contributed by atoms with E-state index < -0.39 is 16.8 Å². The first-order valence-corrected chi connectivity index (χ1v) is 8.58. The van der Waals surface area contributed by atoms with Crippen molar-refractivity contribution in [1.29, 1.82) is 0 Å². The Balaban J connectivity index is 1.94. The van der Waals surface area contributed by atoms with Crippen molar-refractivity contribution in [2.75, 3.05) is 6.54 Å². The second kappa shape index (κ2) is 5.30. The van der Waals surface area contributed by atoms with E-state index in [1.165, 1.54) is 4.90 Å². The minimum Gasteiger partial charge on any atom is -0.481 e. The number of imide groups is 1. The van der Waals surface area contributed by atoms with Gasteiger partial charge in [0.1, 0.15) is 0 Å². The highest BCUT2D eigenvalue weighted by atomic mass is 16.4. The number of rotatable bonds is 4. The lowest BCUT2D eigenvalue weighted by atomic mass is 9.90. The number of carbonyl (C=O) groups excluding carboxylic acids is 2. The van der Waals surface area contributed by atoms with Crippen LogP contribution in [0.1, 0.15) is 47.0 Å². The lowest BCUT2D eigenvalue weighted by Crippen LogP contribution is -2.41. The average Bonchev–Trinajstić information content (AvgIpc) is 2.86. The summed E-state index contributed by atoms with van der Waals surface area (Å²) in [6.45, 7) is 7.65. The largest absolute Gasteiger partial charge is 0.481 e. The molecule has 1 N–H and O–H groups in total. The molecule has 1 saturated heterocycles. The maximum Gasteiger partial charge on any atom is 0.312 e. The van der Waals surface area contributed by atoms with Crippen molar-refractivity contribution in [1.82, 2.24) is 4.90 Å². The molecule has 3 aliphatic rings. The highest BCUT2D eigenvalue weighted by molar-refractivity contribution is 6.15. The molecule has 2 aliphatic carbocycles. The Hall–Kier alpha value is -1.91. The number of hydrogen-bond acceptors (Lipinski definition) is 3. The van der Waals surface area contributed by atoms with Gasteiger partial charge in [0.25, 0.3) is 5.91 Å². The summed E-state index contributed by atoms with van der Waals surface area (Å²) >= 11 is 0. The normalized spacial score (nSPS) is 33.8. The van der Waals surface area contributed by atoms with Crippen LogP contribution in [0.25, 0.3) is 0 Å². The van der Waals surface area contributed by atoms with Crippen LogP contribution in [-0.2, 0) is 14.4 Å². The third-order valence-electron chi connectivity index (χ3n) is 6.16. The van der Waals surface area contributed by atoms with Crippen molar-refractivity contribution < 1.29 is 19.5 Å². The lowest BCUT2D eigenvalue weighted by molar-refractivity contribution is -0.149. The van der Waals surface area contributed by atoms with Crippen molar-refractivity contribution in [3.8, 4) is 0 Å². The second-order valence-electron chi connectivity index (χ2n) is 8.09. The van der Waals surface area contributed by atoms with E-state index in [-0.39, 0.29) is 30.2 Å². The Morgan fingerprint density at radius 1 is 1.38 bits per heavy atom. The molecule has 0 bridgehead atoms. The number of hydrogen-bond donors (Lipinski definition) is 1. The summed E-state index contributed by atoms with van der Waals surface area (Å²) in [5.41, 5.74) is 0.0401. The fourth-order valence-corrected chi connectivity index (χ4v) is 4.57. The molecule has 5 heteroatoms. The number of carboxylic acid groups (broad SMARTS) is 1. The van der Waals surface area contributed by atoms with Crippen LogP contribution in [0, 0.1) is 22.7 Å². The molecular weight excluding hydrogens is 306 g/mol. The number of nitrogens with zero attached hydrogens (tertiary/aromatic N) is 1. The maximum absolute atomic E-state index is 12.7. The molecule has 0 spiro atoms. The second-order valence-corrected chi connectivity index (χ2v) is 8.09. The highest BCUT2D eigenvalue weighted by Gasteiger charge is 2.76. The predicted octanol–water partition coefficient (Wildman–Crippen LogP) is 2.77. The molecular formula is C19H25NO4. The number of carbonyl (C=O) groups is 3. The molecule has 0 aromatic rings. The van der Waals surface area contributed by atoms with E-state index in [0.29, 0.717) is 12.0 Å². The smallest absolute Gasteiger partial charge is 0.312 e. The van der Waals surface area contributed by atoms with E-state index in [9.17, 15) is 19.5 Å². The minimum atomic E-state index is -1.09. The summed E-state index contributed by atoms with van der Waals surface area (Å²) in [6.07, 6.45) is 6.22. The zero-order chi connectivity index (χ0) is 17.9. The molecule has 24 heavy (non-hydrogen) atoms. The Labute approximate surface area is 142 Å². The fourth-order valence-electron chi connectivity index (χ4n) is 4.57. The van der Waals surface area contributed by atoms with Gasteiger partial charge in [-0.3, -0.25) is 19.3 Å². The summed E-state index contributed by atoms with van der Waals surface area (Å²) in [4.78, 5) is 38.6. The summed E-state index contributed by atoms with van der Waals surface area (Å²) in [6, 6.07) is 0. The molecule has 3 rings (SSSR count). The molecule has 5 nitrogen and oxygen atoms in total. The van der Waals surface area contributed by atoms with E-state index in [4.69, 9.17) is 0 Å². The molecule has 0 aromatic carbocycles. The number of aliphatic carboxylic acids is 1. The lowest BCUT2D eigenvalue weighted by Gasteiger charge is -2.22. The van der Waals surface area contributed by atoms with Gasteiger partial charge in [0.15, 0.2) is 0 Å². The predicted molar refractivity (Wildman–Crippen MR) is 88.9 cm³/mol. The zero-order valence-electron chi connectivity index (χ0n) is 14.8. The maximum atomic E-state index is 12.7. The average molecular weight is 331 g/mol. The Morgan fingerprint density at radius 2 is 2.04 bits per heavy atom. The Morgan fingerprint density at radius 3 is 2.58 bits per heavy atom. The number of allylic oxidation sites excluding steroid dienone is 3.